The molecule has 0 aliphatic rings. The van der Waals surface area contributed by atoms with Crippen LogP contribution in [0, 0.1) is 0 Å². The predicted octanol–water partition coefficient (Wildman–Crippen LogP) is 8.93. The van der Waals surface area contributed by atoms with Crippen molar-refractivity contribution in [3.05, 3.63) is 0 Å². The topological polar surface area (TPSA) is 9.23 Å². The van der Waals surface area contributed by atoms with Crippen LogP contribution in [0.1, 0.15) is 0 Å². The van der Waals surface area contributed by atoms with Gasteiger partial charge in [-0.15, -0.1) is 0 Å². The van der Waals surface area contributed by atoms with E-state index in [1.165, 1.54) is 4.74 Å². The lowest BCUT2D eigenvalue weighted by Gasteiger charge is -2.44. The lowest BCUT2D eigenvalue weighted by Crippen LogP contribution is -2.77. The van der Waals surface area contributed by atoms with Gasteiger partial charge >= 0.3 is 70.4 Å². The Balaban J connectivity index is 7.11. The highest BCUT2D eigenvalue weighted by molar-refractivity contribution is 6.31. The predicted molar refractivity (Wildman–Crippen MR) is 72.2 cm³/mol. The summed E-state index contributed by atoms with van der Waals surface area (Å²) in [5.74, 6) is -73.3. The molecule has 27 heteroatoms. The van der Waals surface area contributed by atoms with Crippen LogP contribution in [-0.2, 0) is 4.74 Å². The number of halogens is 26. The molecule has 0 fully saturated rings. The van der Waals surface area contributed by atoms with Crippen LogP contribution >= 0.6 is 23.2 Å². The van der Waals surface area contributed by atoms with Gasteiger partial charge in [0.25, 0.3) is 0 Å². The van der Waals surface area contributed by atoms with Gasteiger partial charge in [-0.05, 0) is 23.2 Å². The van der Waals surface area contributed by atoms with E-state index in [9.17, 15) is 105 Å². The number of rotatable bonds is 11. The lowest BCUT2D eigenvalue weighted by molar-refractivity contribution is -0.492. The number of ether oxygens (including phenoxy) is 1. The Labute approximate surface area is 204 Å². The van der Waals surface area contributed by atoms with Gasteiger partial charge in [-0.3, -0.25) is 4.74 Å². The lowest BCUT2D eigenvalue weighted by atomic mass is 9.87. The van der Waals surface area contributed by atoms with Gasteiger partial charge in [0.05, 0.1) is 0 Å². The van der Waals surface area contributed by atoms with Crippen molar-refractivity contribution >= 4 is 23.2 Å². The van der Waals surface area contributed by atoms with Gasteiger partial charge in [0.15, 0.2) is 0 Å². The van der Waals surface area contributed by atoms with Crippen LogP contribution in [0.5, 0.6) is 0 Å². The van der Waals surface area contributed by atoms with Crippen molar-refractivity contribution in [2.24, 2.45) is 0 Å². The van der Waals surface area contributed by atoms with Gasteiger partial charge in [-0.25, -0.2) is 0 Å². The highest BCUT2D eigenvalue weighted by Crippen LogP contribution is 2.66. The van der Waals surface area contributed by atoms with E-state index < -0.39 is 70.4 Å². The van der Waals surface area contributed by atoms with Gasteiger partial charge < -0.3 is 0 Å². The third-order valence-corrected chi connectivity index (χ3v) is 4.72. The Hall–Kier alpha value is -1.14. The molecule has 0 saturated heterocycles. The van der Waals surface area contributed by atoms with Crippen LogP contribution in [0.4, 0.5) is 105 Å². The Bertz CT molecular complexity index is 896. The van der Waals surface area contributed by atoms with E-state index in [0.29, 0.717) is 0 Å². The average Bonchev–Trinajstić information content (AvgIpc) is 2.63. The molecular formula is C12Cl2F24O. The molecule has 0 heterocycles. The normalized spacial score (nSPS) is 18.3. The fourth-order valence-corrected chi connectivity index (χ4v) is 1.96. The van der Waals surface area contributed by atoms with Crippen LogP contribution in [0.15, 0.2) is 0 Å². The van der Waals surface area contributed by atoms with Gasteiger partial charge in [0.2, 0.25) is 0 Å². The van der Waals surface area contributed by atoms with Crippen LogP contribution < -0.4 is 0 Å². The van der Waals surface area contributed by atoms with E-state index in [1.54, 1.807) is 0 Å². The maximum Gasteiger partial charge on any atom is 0.460 e. The highest BCUT2D eigenvalue weighted by atomic mass is 35.5. The molecule has 0 bridgehead atoms. The summed E-state index contributed by atoms with van der Waals surface area (Å²) in [6, 6.07) is 0. The molecule has 0 N–H and O–H groups in total. The summed E-state index contributed by atoms with van der Waals surface area (Å²) in [5, 5.41) is -12.7. The van der Waals surface area contributed by atoms with Crippen molar-refractivity contribution in [3.63, 3.8) is 0 Å². The van der Waals surface area contributed by atoms with E-state index in [1.807, 2.05) is 0 Å². The molecule has 1 nitrogen and oxygen atoms in total. The van der Waals surface area contributed by atoms with E-state index in [4.69, 9.17) is 0 Å². The zero-order valence-corrected chi connectivity index (χ0v) is 17.7. The molecule has 0 aliphatic carbocycles. The maximum atomic E-state index is 13.5. The molecule has 1 atom stereocenters. The standard InChI is InChI=1S/C12Cl2F24O/c13-9(31,32)10(14,33)39-12(37,38)8(29,30)6(25,26)4(21,22)2(17,18)1(15,16)3(19,20)5(23,24)7(27,28)11(34,35)36. The summed E-state index contributed by atoms with van der Waals surface area (Å²) in [7, 11) is 0. The second-order valence-corrected chi connectivity index (χ2v) is 7.69. The molecule has 0 aromatic carbocycles. The monoisotopic (exact) mass is 686 g/mol. The molecule has 0 amide bonds. The van der Waals surface area contributed by atoms with Crippen LogP contribution in [0.3, 0.4) is 0 Å². The zero-order chi connectivity index (χ0) is 32.7. The summed E-state index contributed by atoms with van der Waals surface area (Å²) in [5.41, 5.74) is 0. The summed E-state index contributed by atoms with van der Waals surface area (Å²) in [4.78, 5) is 0. The Morgan fingerprint density at radius 1 is 0.308 bits per heavy atom. The Morgan fingerprint density at radius 3 is 0.718 bits per heavy atom. The van der Waals surface area contributed by atoms with Crippen molar-refractivity contribution in [3.8, 4) is 0 Å². The SMILES string of the molecule is FC(F)(F)C(F)(F)C(F)(F)C(F)(F)C(F)(F)C(F)(F)C(F)(F)C(F)(F)C(F)(F)C(F)(F)OC(F)(Cl)C(F)(F)Cl. The molecule has 0 radical (unpaired) electrons. The van der Waals surface area contributed by atoms with Crippen molar-refractivity contribution in [1.29, 1.82) is 0 Å². The van der Waals surface area contributed by atoms with Crippen molar-refractivity contribution < 1.29 is 110 Å². The van der Waals surface area contributed by atoms with Crippen molar-refractivity contribution in [2.75, 3.05) is 0 Å². The number of alkyl halides is 26. The first-order chi connectivity index (χ1) is 16.2. The van der Waals surface area contributed by atoms with Crippen LogP contribution in [-0.4, -0.2) is 70.4 Å². The quantitative estimate of drug-likeness (QED) is 0.156. The largest absolute Gasteiger partial charge is 0.460 e. The molecular weight excluding hydrogens is 687 g/mol. The van der Waals surface area contributed by atoms with Gasteiger partial charge in [0.1, 0.15) is 0 Å². The number of hydrogen-bond donors (Lipinski definition) is 0. The molecule has 0 rings (SSSR count). The van der Waals surface area contributed by atoms with E-state index in [2.05, 4.69) is 23.2 Å². The molecule has 236 valence electrons. The first kappa shape index (κ1) is 37.9. The first-order valence-electron chi connectivity index (χ1n) is 7.82. The Morgan fingerprint density at radius 2 is 0.513 bits per heavy atom. The number of hydrogen-bond acceptors (Lipinski definition) is 1. The van der Waals surface area contributed by atoms with Gasteiger partial charge in [-0.1, -0.05) is 0 Å². The molecule has 0 aromatic rings. The molecule has 0 aliphatic heterocycles. The van der Waals surface area contributed by atoms with Gasteiger partial charge in [0, 0.05) is 0 Å². The smallest absolute Gasteiger partial charge is 0.258 e. The first-order valence-corrected chi connectivity index (χ1v) is 8.58. The molecule has 0 aromatic heterocycles. The van der Waals surface area contributed by atoms with Crippen LogP contribution in [0.2, 0.25) is 0 Å². The molecule has 0 spiro atoms. The third kappa shape index (κ3) is 4.98. The fourth-order valence-electron chi connectivity index (χ4n) is 1.83. The van der Waals surface area contributed by atoms with Crippen molar-refractivity contribution in [2.45, 2.75) is 70.4 Å². The average molecular weight is 687 g/mol. The second-order valence-electron chi connectivity index (χ2n) is 6.73. The van der Waals surface area contributed by atoms with Crippen molar-refractivity contribution in [1.82, 2.24) is 0 Å². The maximum absolute atomic E-state index is 13.5. The molecule has 0 saturated carbocycles. The fraction of sp³-hybridized carbons (Fsp3) is 1.00. The molecule has 1 unspecified atom stereocenters. The second kappa shape index (κ2) is 9.18. The molecule has 39 heavy (non-hydrogen) atoms. The van der Waals surface area contributed by atoms with Crippen LogP contribution in [0.25, 0.3) is 0 Å². The van der Waals surface area contributed by atoms with E-state index >= 15 is 0 Å². The minimum absolute atomic E-state index is 1.53. The van der Waals surface area contributed by atoms with E-state index in [0.717, 1.165) is 0 Å². The third-order valence-electron chi connectivity index (χ3n) is 4.07. The summed E-state index contributed by atoms with van der Waals surface area (Å²) in [6.07, 6.45) is -16.3. The summed E-state index contributed by atoms with van der Waals surface area (Å²) >= 11 is 7.27. The Kier molecular flexibility index (Phi) is 8.91. The zero-order valence-electron chi connectivity index (χ0n) is 16.2. The van der Waals surface area contributed by atoms with Gasteiger partial charge in [-0.2, -0.15) is 105 Å². The van der Waals surface area contributed by atoms with E-state index in [-0.39, 0.29) is 0 Å². The highest BCUT2D eigenvalue weighted by Gasteiger charge is 2.98. The summed E-state index contributed by atoms with van der Waals surface area (Å²) in [6.45, 7) is 0. The minimum atomic E-state index is -9.47. The summed E-state index contributed by atoms with van der Waals surface area (Å²) < 4.78 is 314. The minimum Gasteiger partial charge on any atom is -0.258 e.